The number of pyridine rings is 1. The Kier molecular flexibility index (Phi) is 5.50. The smallest absolute Gasteiger partial charge is 0.228 e. The van der Waals surface area contributed by atoms with Crippen molar-refractivity contribution in [3.63, 3.8) is 0 Å². The van der Waals surface area contributed by atoms with Crippen molar-refractivity contribution >= 4 is 11.6 Å². The minimum absolute atomic E-state index is 0.0501. The lowest BCUT2D eigenvalue weighted by Crippen LogP contribution is -2.14. The lowest BCUT2D eigenvalue weighted by Gasteiger charge is -2.05. The highest BCUT2D eigenvalue weighted by molar-refractivity contribution is 5.92. The lowest BCUT2D eigenvalue weighted by molar-refractivity contribution is -0.115. The van der Waals surface area contributed by atoms with Crippen molar-refractivity contribution in [2.45, 2.75) is 12.8 Å². The van der Waals surface area contributed by atoms with Gasteiger partial charge in [0.25, 0.3) is 0 Å². The van der Waals surface area contributed by atoms with E-state index in [-0.39, 0.29) is 18.9 Å². The SMILES string of the molecule is O=C(Cc1cccnc1)Nc1cccc(C#CCCO)c1. The van der Waals surface area contributed by atoms with Gasteiger partial charge in [-0.05, 0) is 29.8 Å². The van der Waals surface area contributed by atoms with Gasteiger partial charge in [-0.15, -0.1) is 0 Å². The van der Waals surface area contributed by atoms with Gasteiger partial charge < -0.3 is 10.4 Å². The molecule has 4 nitrogen and oxygen atoms in total. The summed E-state index contributed by atoms with van der Waals surface area (Å²) in [5.74, 6) is 5.69. The zero-order chi connectivity index (χ0) is 14.9. The fourth-order valence-electron chi connectivity index (χ4n) is 1.79. The van der Waals surface area contributed by atoms with E-state index in [9.17, 15) is 4.79 Å². The summed E-state index contributed by atoms with van der Waals surface area (Å²) in [4.78, 5) is 15.9. The number of aromatic nitrogens is 1. The molecular weight excluding hydrogens is 264 g/mol. The molecular formula is C17H16N2O2. The van der Waals surface area contributed by atoms with E-state index in [1.54, 1.807) is 18.5 Å². The molecule has 0 bridgehead atoms. The second kappa shape index (κ2) is 7.83. The summed E-state index contributed by atoms with van der Waals surface area (Å²) in [5.41, 5.74) is 2.39. The van der Waals surface area contributed by atoms with Crippen LogP contribution in [-0.2, 0) is 11.2 Å². The van der Waals surface area contributed by atoms with Crippen LogP contribution < -0.4 is 5.32 Å². The van der Waals surface area contributed by atoms with Crippen LogP contribution in [0.25, 0.3) is 0 Å². The molecule has 2 N–H and O–H groups in total. The van der Waals surface area contributed by atoms with Crippen molar-refractivity contribution < 1.29 is 9.90 Å². The molecule has 0 aliphatic rings. The van der Waals surface area contributed by atoms with E-state index in [4.69, 9.17) is 5.11 Å². The van der Waals surface area contributed by atoms with Gasteiger partial charge >= 0.3 is 0 Å². The van der Waals surface area contributed by atoms with Gasteiger partial charge in [-0.25, -0.2) is 0 Å². The number of hydrogen-bond acceptors (Lipinski definition) is 3. The minimum Gasteiger partial charge on any atom is -0.395 e. The molecule has 21 heavy (non-hydrogen) atoms. The van der Waals surface area contributed by atoms with Crippen LogP contribution in [0.1, 0.15) is 17.5 Å². The van der Waals surface area contributed by atoms with Crippen LogP contribution >= 0.6 is 0 Å². The van der Waals surface area contributed by atoms with Gasteiger partial charge in [0.1, 0.15) is 0 Å². The van der Waals surface area contributed by atoms with Gasteiger partial charge in [0.15, 0.2) is 0 Å². The molecule has 0 radical (unpaired) electrons. The zero-order valence-electron chi connectivity index (χ0n) is 11.5. The van der Waals surface area contributed by atoms with Crippen LogP contribution in [0.4, 0.5) is 5.69 Å². The molecule has 0 unspecified atom stereocenters. The molecule has 2 rings (SSSR count). The number of aliphatic hydroxyl groups excluding tert-OH is 1. The first-order valence-corrected chi connectivity index (χ1v) is 6.66. The maximum atomic E-state index is 11.9. The van der Waals surface area contributed by atoms with Gasteiger partial charge in [0, 0.05) is 30.1 Å². The maximum Gasteiger partial charge on any atom is 0.228 e. The molecule has 0 saturated heterocycles. The first-order chi connectivity index (χ1) is 10.3. The Hall–Kier alpha value is -2.64. The second-order valence-electron chi connectivity index (χ2n) is 4.44. The Balaban J connectivity index is 1.98. The highest BCUT2D eigenvalue weighted by atomic mass is 16.2. The fraction of sp³-hybridized carbons (Fsp3) is 0.176. The Morgan fingerprint density at radius 1 is 1.29 bits per heavy atom. The highest BCUT2D eigenvalue weighted by Gasteiger charge is 2.04. The monoisotopic (exact) mass is 280 g/mol. The maximum absolute atomic E-state index is 11.9. The van der Waals surface area contributed by atoms with Crippen LogP contribution in [0.3, 0.4) is 0 Å². The van der Waals surface area contributed by atoms with E-state index in [2.05, 4.69) is 22.1 Å². The van der Waals surface area contributed by atoms with Crippen molar-refractivity contribution in [3.05, 3.63) is 59.9 Å². The third-order valence-corrected chi connectivity index (χ3v) is 2.70. The molecule has 0 spiro atoms. The summed E-state index contributed by atoms with van der Waals surface area (Å²) in [6.07, 6.45) is 4.08. The van der Waals surface area contributed by atoms with Gasteiger partial charge in [-0.2, -0.15) is 0 Å². The van der Waals surface area contributed by atoms with Gasteiger partial charge in [0.05, 0.1) is 13.0 Å². The summed E-state index contributed by atoms with van der Waals surface area (Å²) in [5, 5.41) is 11.5. The predicted molar refractivity (Wildman–Crippen MR) is 81.6 cm³/mol. The normalized spacial score (nSPS) is 9.57. The van der Waals surface area contributed by atoms with Crippen LogP contribution in [-0.4, -0.2) is 22.6 Å². The molecule has 0 atom stereocenters. The minimum atomic E-state index is -0.0940. The number of rotatable bonds is 4. The standard InChI is InChI=1S/C17H16N2O2/c20-10-2-1-5-14-6-3-8-16(11-14)19-17(21)12-15-7-4-9-18-13-15/h3-4,6-9,11,13,20H,2,10,12H2,(H,19,21). The molecule has 0 aliphatic carbocycles. The highest BCUT2D eigenvalue weighted by Crippen LogP contribution is 2.10. The Bertz CT molecular complexity index is 657. The van der Waals surface area contributed by atoms with Crippen LogP contribution in [0, 0.1) is 11.8 Å². The summed E-state index contributed by atoms with van der Waals surface area (Å²) in [7, 11) is 0. The first kappa shape index (κ1) is 14.8. The van der Waals surface area contributed by atoms with Crippen molar-refractivity contribution in [2.75, 3.05) is 11.9 Å². The largest absolute Gasteiger partial charge is 0.395 e. The zero-order valence-corrected chi connectivity index (χ0v) is 11.5. The van der Waals surface area contributed by atoms with E-state index in [0.29, 0.717) is 12.1 Å². The Morgan fingerprint density at radius 3 is 2.95 bits per heavy atom. The van der Waals surface area contributed by atoms with E-state index in [0.717, 1.165) is 11.1 Å². The summed E-state index contributed by atoms with van der Waals surface area (Å²) >= 11 is 0. The summed E-state index contributed by atoms with van der Waals surface area (Å²) in [6.45, 7) is 0.0501. The van der Waals surface area contributed by atoms with Crippen molar-refractivity contribution in [2.24, 2.45) is 0 Å². The number of hydrogen-bond donors (Lipinski definition) is 2. The molecule has 1 aromatic carbocycles. The van der Waals surface area contributed by atoms with Crippen molar-refractivity contribution in [3.8, 4) is 11.8 Å². The third-order valence-electron chi connectivity index (χ3n) is 2.70. The molecule has 0 aliphatic heterocycles. The Labute approximate surface area is 123 Å². The average molecular weight is 280 g/mol. The average Bonchev–Trinajstić information content (AvgIpc) is 2.49. The Morgan fingerprint density at radius 2 is 2.19 bits per heavy atom. The number of carbonyl (C=O) groups is 1. The molecule has 0 saturated carbocycles. The third kappa shape index (κ3) is 5.09. The van der Waals surface area contributed by atoms with Gasteiger partial charge in [-0.1, -0.05) is 24.0 Å². The molecule has 0 fully saturated rings. The van der Waals surface area contributed by atoms with E-state index in [1.807, 2.05) is 30.3 Å². The van der Waals surface area contributed by atoms with E-state index in [1.165, 1.54) is 0 Å². The quantitative estimate of drug-likeness (QED) is 0.842. The number of carbonyl (C=O) groups excluding carboxylic acids is 1. The van der Waals surface area contributed by atoms with Crippen molar-refractivity contribution in [1.29, 1.82) is 0 Å². The number of benzene rings is 1. The number of anilines is 1. The number of aliphatic hydroxyl groups is 1. The number of amides is 1. The molecule has 1 heterocycles. The van der Waals surface area contributed by atoms with Gasteiger partial charge in [-0.3, -0.25) is 9.78 Å². The summed E-state index contributed by atoms with van der Waals surface area (Å²) in [6, 6.07) is 11.0. The fourth-order valence-corrected chi connectivity index (χ4v) is 1.79. The van der Waals surface area contributed by atoms with Crippen LogP contribution in [0.5, 0.6) is 0 Å². The predicted octanol–water partition coefficient (Wildman–Crippen LogP) is 2.00. The van der Waals surface area contributed by atoms with E-state index >= 15 is 0 Å². The summed E-state index contributed by atoms with van der Waals surface area (Å²) < 4.78 is 0. The molecule has 4 heteroatoms. The molecule has 106 valence electrons. The second-order valence-corrected chi connectivity index (χ2v) is 4.44. The van der Waals surface area contributed by atoms with Crippen LogP contribution in [0.15, 0.2) is 48.8 Å². The molecule has 1 amide bonds. The topological polar surface area (TPSA) is 62.2 Å². The first-order valence-electron chi connectivity index (χ1n) is 6.66. The lowest BCUT2D eigenvalue weighted by atomic mass is 10.1. The molecule has 1 aromatic heterocycles. The van der Waals surface area contributed by atoms with Gasteiger partial charge in [0.2, 0.25) is 5.91 Å². The molecule has 2 aromatic rings. The number of nitrogens with one attached hydrogen (secondary N) is 1. The van der Waals surface area contributed by atoms with Crippen LogP contribution in [0.2, 0.25) is 0 Å². The van der Waals surface area contributed by atoms with E-state index < -0.39 is 0 Å². The number of nitrogens with zero attached hydrogens (tertiary/aromatic N) is 1. The van der Waals surface area contributed by atoms with Crippen molar-refractivity contribution in [1.82, 2.24) is 4.98 Å².